The van der Waals surface area contributed by atoms with Crippen LogP contribution in [0.25, 0.3) is 0 Å². The van der Waals surface area contributed by atoms with E-state index in [1.54, 1.807) is 0 Å². The molecule has 0 rings (SSSR count). The maximum Gasteiger partial charge on any atom is 0.0948 e. The SMILES string of the molecule is CC(C)(C)[N+](C)(C)CCCS(=O)(=O)[O-]. The lowest BCUT2D eigenvalue weighted by molar-refractivity contribution is -0.935. The van der Waals surface area contributed by atoms with Crippen LogP contribution in [0.4, 0.5) is 0 Å². The van der Waals surface area contributed by atoms with Gasteiger partial charge in [-0.2, -0.15) is 0 Å². The van der Waals surface area contributed by atoms with Gasteiger partial charge in [-0.15, -0.1) is 0 Å². The zero-order chi connectivity index (χ0) is 11.6. The molecule has 5 heteroatoms. The molecule has 86 valence electrons. The first-order valence-electron chi connectivity index (χ1n) is 4.72. The molecule has 0 aromatic rings. The van der Waals surface area contributed by atoms with Gasteiger partial charge in [0.25, 0.3) is 0 Å². The Morgan fingerprint density at radius 2 is 1.64 bits per heavy atom. The van der Waals surface area contributed by atoms with Crippen molar-refractivity contribution in [2.75, 3.05) is 26.4 Å². The molecule has 4 nitrogen and oxygen atoms in total. The highest BCUT2D eigenvalue weighted by Gasteiger charge is 2.30. The molecule has 0 aromatic heterocycles. The Balaban J connectivity index is 4.15. The van der Waals surface area contributed by atoms with E-state index in [1.807, 2.05) is 14.1 Å². The third kappa shape index (κ3) is 4.93. The van der Waals surface area contributed by atoms with Gasteiger partial charge >= 0.3 is 0 Å². The average molecular weight is 223 g/mol. The van der Waals surface area contributed by atoms with Gasteiger partial charge in [-0.05, 0) is 20.8 Å². The zero-order valence-electron chi connectivity index (χ0n) is 9.70. The van der Waals surface area contributed by atoms with Gasteiger partial charge in [-0.3, -0.25) is 0 Å². The number of hydrogen-bond donors (Lipinski definition) is 0. The van der Waals surface area contributed by atoms with E-state index in [4.69, 9.17) is 0 Å². The maximum atomic E-state index is 10.4. The third-order valence-electron chi connectivity index (χ3n) is 2.93. The zero-order valence-corrected chi connectivity index (χ0v) is 10.5. The van der Waals surface area contributed by atoms with Gasteiger partial charge in [0.2, 0.25) is 0 Å². The topological polar surface area (TPSA) is 57.2 Å². The van der Waals surface area contributed by atoms with Crippen LogP contribution in [0, 0.1) is 0 Å². The lowest BCUT2D eigenvalue weighted by atomic mass is 10.0. The third-order valence-corrected chi connectivity index (χ3v) is 3.72. The second-order valence-electron chi connectivity index (χ2n) is 5.19. The highest BCUT2D eigenvalue weighted by Crippen LogP contribution is 2.19. The Kier molecular flexibility index (Phi) is 4.12. The van der Waals surface area contributed by atoms with E-state index in [0.717, 1.165) is 0 Å². The first-order valence-corrected chi connectivity index (χ1v) is 6.30. The smallest absolute Gasteiger partial charge is 0.0948 e. The summed E-state index contributed by atoms with van der Waals surface area (Å²) in [7, 11) is 0.0262. The lowest BCUT2D eigenvalue weighted by Crippen LogP contribution is -2.54. The van der Waals surface area contributed by atoms with E-state index < -0.39 is 10.1 Å². The molecule has 0 radical (unpaired) electrons. The molecular formula is C9H21NO3S. The monoisotopic (exact) mass is 223 g/mol. The summed E-state index contributed by atoms with van der Waals surface area (Å²) in [6.45, 7) is 6.99. The van der Waals surface area contributed by atoms with Crippen molar-refractivity contribution in [3.8, 4) is 0 Å². The minimum Gasteiger partial charge on any atom is -0.748 e. The highest BCUT2D eigenvalue weighted by atomic mass is 32.2. The number of hydrogen-bond acceptors (Lipinski definition) is 3. The van der Waals surface area contributed by atoms with E-state index in [2.05, 4.69) is 20.8 Å². The van der Waals surface area contributed by atoms with Gasteiger partial charge in [0.15, 0.2) is 0 Å². The van der Waals surface area contributed by atoms with E-state index in [-0.39, 0.29) is 11.3 Å². The van der Waals surface area contributed by atoms with Crippen LogP contribution in [0.5, 0.6) is 0 Å². The quantitative estimate of drug-likeness (QED) is 0.523. The number of nitrogens with zero attached hydrogens (tertiary/aromatic N) is 1. The van der Waals surface area contributed by atoms with Crippen molar-refractivity contribution in [3.05, 3.63) is 0 Å². The largest absolute Gasteiger partial charge is 0.748 e. The first-order chi connectivity index (χ1) is 5.96. The van der Waals surface area contributed by atoms with Gasteiger partial charge in [0.05, 0.1) is 36.3 Å². The van der Waals surface area contributed by atoms with Crippen molar-refractivity contribution < 1.29 is 17.5 Å². The van der Waals surface area contributed by atoms with Gasteiger partial charge in [-0.25, -0.2) is 8.42 Å². The van der Waals surface area contributed by atoms with E-state index >= 15 is 0 Å². The highest BCUT2D eigenvalue weighted by molar-refractivity contribution is 7.85. The molecule has 14 heavy (non-hydrogen) atoms. The molecular weight excluding hydrogens is 202 g/mol. The molecule has 0 saturated heterocycles. The molecule has 0 saturated carbocycles. The molecule has 0 bridgehead atoms. The molecule has 0 aliphatic rings. The van der Waals surface area contributed by atoms with Crippen molar-refractivity contribution in [2.24, 2.45) is 0 Å². The fourth-order valence-electron chi connectivity index (χ4n) is 0.972. The summed E-state index contributed by atoms with van der Waals surface area (Å²) < 4.78 is 31.9. The van der Waals surface area contributed by atoms with Crippen LogP contribution in [-0.4, -0.2) is 49.4 Å². The van der Waals surface area contributed by atoms with Crippen molar-refractivity contribution in [1.29, 1.82) is 0 Å². The first kappa shape index (κ1) is 13.9. The van der Waals surface area contributed by atoms with Crippen LogP contribution in [-0.2, 0) is 10.1 Å². The summed E-state index contributed by atoms with van der Waals surface area (Å²) in [5.74, 6) is -0.259. The Morgan fingerprint density at radius 1 is 1.21 bits per heavy atom. The minimum atomic E-state index is -4.05. The molecule has 0 aromatic carbocycles. The second kappa shape index (κ2) is 4.16. The number of quaternary nitrogens is 1. The molecule has 0 N–H and O–H groups in total. The normalized spacial score (nSPS) is 14.4. The van der Waals surface area contributed by atoms with Gasteiger partial charge in [-0.1, -0.05) is 0 Å². The molecule has 0 fully saturated rings. The minimum absolute atomic E-state index is 0.0621. The van der Waals surface area contributed by atoms with E-state index in [9.17, 15) is 13.0 Å². The molecule has 0 aliphatic heterocycles. The fraction of sp³-hybridized carbons (Fsp3) is 1.00. The van der Waals surface area contributed by atoms with Crippen LogP contribution in [0.1, 0.15) is 27.2 Å². The van der Waals surface area contributed by atoms with E-state index in [0.29, 0.717) is 17.4 Å². The Bertz CT molecular complexity index is 275. The molecule has 0 amide bonds. The maximum absolute atomic E-state index is 10.4. The van der Waals surface area contributed by atoms with Gasteiger partial charge < -0.3 is 9.04 Å². The summed E-state index contributed by atoms with van der Waals surface area (Å²) >= 11 is 0. The molecule has 0 heterocycles. The summed E-state index contributed by atoms with van der Waals surface area (Å²) in [6, 6.07) is 0. The standard InChI is InChI=1S/C9H21NO3S/c1-9(2,3)10(4,5)7-6-8-14(11,12)13/h6-8H2,1-5H3. The Hall–Kier alpha value is -0.130. The van der Waals surface area contributed by atoms with Crippen LogP contribution >= 0.6 is 0 Å². The molecule has 0 unspecified atom stereocenters. The van der Waals surface area contributed by atoms with Crippen molar-refractivity contribution in [3.63, 3.8) is 0 Å². The predicted octanol–water partition coefficient (Wildman–Crippen LogP) is 0.797. The van der Waals surface area contributed by atoms with Crippen molar-refractivity contribution in [1.82, 2.24) is 0 Å². The lowest BCUT2D eigenvalue weighted by Gasteiger charge is -2.42. The Labute approximate surface area is 87.3 Å². The fourth-order valence-corrected chi connectivity index (χ4v) is 1.45. The van der Waals surface area contributed by atoms with Crippen LogP contribution < -0.4 is 0 Å². The average Bonchev–Trinajstić information content (AvgIpc) is 1.80. The molecule has 0 atom stereocenters. The Morgan fingerprint density at radius 3 is 1.93 bits per heavy atom. The number of rotatable bonds is 4. The van der Waals surface area contributed by atoms with Gasteiger partial charge in [0.1, 0.15) is 0 Å². The van der Waals surface area contributed by atoms with E-state index in [1.165, 1.54) is 0 Å². The molecule has 0 spiro atoms. The molecule has 0 aliphatic carbocycles. The summed E-state index contributed by atoms with van der Waals surface area (Å²) in [5, 5.41) is 0. The van der Waals surface area contributed by atoms with Crippen molar-refractivity contribution in [2.45, 2.75) is 32.7 Å². The van der Waals surface area contributed by atoms with Crippen LogP contribution in [0.15, 0.2) is 0 Å². The van der Waals surface area contributed by atoms with Crippen LogP contribution in [0.2, 0.25) is 0 Å². The van der Waals surface area contributed by atoms with Gasteiger partial charge in [0, 0.05) is 12.2 Å². The summed E-state index contributed by atoms with van der Waals surface area (Å²) in [4.78, 5) is 0. The van der Waals surface area contributed by atoms with Crippen LogP contribution in [0.3, 0.4) is 0 Å². The van der Waals surface area contributed by atoms with Crippen molar-refractivity contribution >= 4 is 10.1 Å². The predicted molar refractivity (Wildman–Crippen MR) is 55.9 cm³/mol. The summed E-state index contributed by atoms with van der Waals surface area (Å²) in [6.07, 6.45) is 0.427. The summed E-state index contributed by atoms with van der Waals surface area (Å²) in [5.41, 5.74) is 0.0621. The second-order valence-corrected chi connectivity index (χ2v) is 6.72.